The first-order valence-electron chi connectivity index (χ1n) is 9.96. The number of hydrogen-bond donors (Lipinski definition) is 0. The third-order valence-electron chi connectivity index (χ3n) is 5.33. The largest absolute Gasteiger partial charge is 0.449 e. The molecular weight excluding hydrogens is 454 g/mol. The number of ether oxygens (including phenoxy) is 1. The van der Waals surface area contributed by atoms with E-state index < -0.39 is 42.4 Å². The number of carbonyl (C=O) groups is 1. The SMILES string of the molecule is Cc1ccc2c(nc(C(F)(F)F)n2CC(F)F)c1-c1cnc(C(=O)N2CCOCC2)c(F)c1. The van der Waals surface area contributed by atoms with Gasteiger partial charge in [-0.25, -0.2) is 23.1 Å². The van der Waals surface area contributed by atoms with Crippen molar-refractivity contribution in [2.24, 2.45) is 0 Å². The fraction of sp³-hybridized carbons (Fsp3) is 0.381. The second kappa shape index (κ2) is 8.65. The molecule has 1 aromatic carbocycles. The highest BCUT2D eigenvalue weighted by Gasteiger charge is 2.38. The van der Waals surface area contributed by atoms with Crippen molar-refractivity contribution in [3.05, 3.63) is 47.3 Å². The average Bonchev–Trinajstić information content (AvgIpc) is 3.12. The monoisotopic (exact) mass is 472 g/mol. The van der Waals surface area contributed by atoms with Crippen LogP contribution in [0.4, 0.5) is 26.3 Å². The zero-order valence-electron chi connectivity index (χ0n) is 17.3. The summed E-state index contributed by atoms with van der Waals surface area (Å²) in [5.74, 6) is -3.06. The van der Waals surface area contributed by atoms with Gasteiger partial charge in [-0.1, -0.05) is 6.07 Å². The Kier molecular flexibility index (Phi) is 6.04. The number of imidazole rings is 1. The van der Waals surface area contributed by atoms with Crippen LogP contribution in [0.15, 0.2) is 24.4 Å². The molecule has 1 saturated heterocycles. The Morgan fingerprint density at radius 1 is 1.21 bits per heavy atom. The molecule has 2 aromatic heterocycles. The van der Waals surface area contributed by atoms with Crippen LogP contribution in [0.2, 0.25) is 0 Å². The van der Waals surface area contributed by atoms with Gasteiger partial charge in [0.05, 0.1) is 30.8 Å². The first kappa shape index (κ1) is 23.0. The summed E-state index contributed by atoms with van der Waals surface area (Å²) in [6, 6.07) is 3.69. The lowest BCUT2D eigenvalue weighted by atomic mass is 9.99. The molecule has 33 heavy (non-hydrogen) atoms. The predicted molar refractivity (Wildman–Crippen MR) is 105 cm³/mol. The highest BCUT2D eigenvalue weighted by molar-refractivity contribution is 5.96. The predicted octanol–water partition coefficient (Wildman–Crippen LogP) is 4.30. The maximum atomic E-state index is 14.9. The minimum Gasteiger partial charge on any atom is -0.378 e. The molecule has 0 radical (unpaired) electrons. The van der Waals surface area contributed by atoms with E-state index >= 15 is 0 Å². The molecule has 1 aliphatic heterocycles. The highest BCUT2D eigenvalue weighted by atomic mass is 19.4. The van der Waals surface area contributed by atoms with E-state index in [9.17, 15) is 31.1 Å². The van der Waals surface area contributed by atoms with E-state index in [1.165, 1.54) is 17.0 Å². The van der Waals surface area contributed by atoms with E-state index in [1.54, 1.807) is 6.92 Å². The number of pyridine rings is 1. The Labute approximate surface area is 183 Å². The minimum atomic E-state index is -4.98. The summed E-state index contributed by atoms with van der Waals surface area (Å²) < 4.78 is 87.0. The molecule has 3 aromatic rings. The lowest BCUT2D eigenvalue weighted by Gasteiger charge is -2.26. The molecule has 0 aliphatic carbocycles. The van der Waals surface area contributed by atoms with Crippen molar-refractivity contribution in [2.45, 2.75) is 26.1 Å². The molecule has 0 unspecified atom stereocenters. The number of hydrogen-bond acceptors (Lipinski definition) is 4. The summed E-state index contributed by atoms with van der Waals surface area (Å²) in [7, 11) is 0. The number of morpholine rings is 1. The van der Waals surface area contributed by atoms with E-state index in [2.05, 4.69) is 9.97 Å². The first-order valence-corrected chi connectivity index (χ1v) is 9.96. The zero-order valence-corrected chi connectivity index (χ0v) is 17.3. The Morgan fingerprint density at radius 2 is 1.91 bits per heavy atom. The smallest absolute Gasteiger partial charge is 0.378 e. The number of rotatable bonds is 4. The van der Waals surface area contributed by atoms with Crippen LogP contribution in [0.5, 0.6) is 0 Å². The number of halogens is 6. The molecule has 3 heterocycles. The summed E-state index contributed by atoms with van der Waals surface area (Å²) in [5.41, 5.74) is -0.183. The molecule has 1 amide bonds. The normalized spacial score (nSPS) is 15.0. The number of aromatic nitrogens is 3. The van der Waals surface area contributed by atoms with Crippen LogP contribution in [-0.2, 0) is 17.5 Å². The van der Waals surface area contributed by atoms with Gasteiger partial charge in [0.1, 0.15) is 0 Å². The van der Waals surface area contributed by atoms with E-state index in [0.29, 0.717) is 23.3 Å². The van der Waals surface area contributed by atoms with Crippen molar-refractivity contribution >= 4 is 16.9 Å². The molecule has 176 valence electrons. The molecule has 6 nitrogen and oxygen atoms in total. The fourth-order valence-corrected chi connectivity index (χ4v) is 3.84. The third kappa shape index (κ3) is 4.39. The van der Waals surface area contributed by atoms with Gasteiger partial charge in [-0.3, -0.25) is 4.79 Å². The molecule has 12 heteroatoms. The van der Waals surface area contributed by atoms with Crippen molar-refractivity contribution in [3.63, 3.8) is 0 Å². The van der Waals surface area contributed by atoms with Crippen LogP contribution in [-0.4, -0.2) is 58.1 Å². The molecule has 0 saturated carbocycles. The summed E-state index contributed by atoms with van der Waals surface area (Å²) >= 11 is 0. The molecule has 0 atom stereocenters. The molecule has 1 aliphatic rings. The summed E-state index contributed by atoms with van der Waals surface area (Å²) in [6.07, 6.45) is -6.85. The van der Waals surface area contributed by atoms with Crippen LogP contribution in [0.3, 0.4) is 0 Å². The van der Waals surface area contributed by atoms with Crippen LogP contribution in [0.1, 0.15) is 21.9 Å². The van der Waals surface area contributed by atoms with Gasteiger partial charge in [0.25, 0.3) is 12.3 Å². The highest BCUT2D eigenvalue weighted by Crippen LogP contribution is 2.37. The van der Waals surface area contributed by atoms with Crippen molar-refractivity contribution in [1.29, 1.82) is 0 Å². The molecule has 0 bridgehead atoms. The quantitative estimate of drug-likeness (QED) is 0.532. The number of benzene rings is 1. The van der Waals surface area contributed by atoms with Gasteiger partial charge in [0.2, 0.25) is 5.82 Å². The number of fused-ring (bicyclic) bond motifs is 1. The number of carbonyl (C=O) groups excluding carboxylic acids is 1. The maximum absolute atomic E-state index is 14.9. The van der Waals surface area contributed by atoms with Gasteiger partial charge >= 0.3 is 6.18 Å². The molecular formula is C21H18F6N4O2. The van der Waals surface area contributed by atoms with Crippen molar-refractivity contribution in [2.75, 3.05) is 26.3 Å². The number of alkyl halides is 5. The third-order valence-corrected chi connectivity index (χ3v) is 5.33. The second-order valence-electron chi connectivity index (χ2n) is 7.52. The van der Waals surface area contributed by atoms with E-state index in [1.807, 2.05) is 0 Å². The van der Waals surface area contributed by atoms with Gasteiger partial charge in [-0.2, -0.15) is 13.2 Å². The van der Waals surface area contributed by atoms with Crippen molar-refractivity contribution in [1.82, 2.24) is 19.4 Å². The second-order valence-corrected chi connectivity index (χ2v) is 7.52. The molecule has 0 spiro atoms. The minimum absolute atomic E-state index is 0.0737. The van der Waals surface area contributed by atoms with Crippen molar-refractivity contribution < 1.29 is 35.9 Å². The summed E-state index contributed by atoms with van der Waals surface area (Å²) in [6.45, 7) is 1.56. The maximum Gasteiger partial charge on any atom is 0.449 e. The molecule has 4 rings (SSSR count). The Hall–Kier alpha value is -3.15. The van der Waals surface area contributed by atoms with Crippen molar-refractivity contribution in [3.8, 4) is 11.1 Å². The topological polar surface area (TPSA) is 60.2 Å². The summed E-state index contributed by atoms with van der Waals surface area (Å²) in [5, 5.41) is 0. The standard InChI is InChI=1S/C21H18F6N4O2/c1-11-2-3-14-18(29-20(21(25,26)27)31(14)10-15(23)24)16(11)12-8-13(22)17(28-9-12)19(32)30-4-6-33-7-5-30/h2-3,8-9,15H,4-7,10H2,1H3. The number of nitrogens with zero attached hydrogens (tertiary/aromatic N) is 4. The van der Waals surface area contributed by atoms with Gasteiger partial charge in [-0.15, -0.1) is 0 Å². The van der Waals surface area contributed by atoms with Crippen LogP contribution in [0, 0.1) is 12.7 Å². The van der Waals surface area contributed by atoms with E-state index in [0.717, 1.165) is 12.3 Å². The molecule has 1 fully saturated rings. The lowest BCUT2D eigenvalue weighted by molar-refractivity contribution is -0.147. The zero-order chi connectivity index (χ0) is 23.9. The van der Waals surface area contributed by atoms with Gasteiger partial charge in [0, 0.05) is 30.4 Å². The van der Waals surface area contributed by atoms with E-state index in [4.69, 9.17) is 4.74 Å². The Balaban J connectivity index is 1.82. The van der Waals surface area contributed by atoms with Crippen LogP contribution < -0.4 is 0 Å². The average molecular weight is 472 g/mol. The van der Waals surface area contributed by atoms with Crippen LogP contribution in [0.25, 0.3) is 22.2 Å². The molecule has 0 N–H and O–H groups in total. The van der Waals surface area contributed by atoms with Crippen LogP contribution >= 0.6 is 0 Å². The number of amides is 1. The van der Waals surface area contributed by atoms with Gasteiger partial charge in [0.15, 0.2) is 11.5 Å². The van der Waals surface area contributed by atoms with E-state index in [-0.39, 0.29) is 35.2 Å². The first-order chi connectivity index (χ1) is 15.6. The van der Waals surface area contributed by atoms with Gasteiger partial charge < -0.3 is 14.2 Å². The summed E-state index contributed by atoms with van der Waals surface area (Å²) in [4.78, 5) is 21.5. The Bertz CT molecular complexity index is 1200. The lowest BCUT2D eigenvalue weighted by Crippen LogP contribution is -2.41. The number of aryl methyl sites for hydroxylation is 1. The van der Waals surface area contributed by atoms with Gasteiger partial charge in [-0.05, 0) is 24.6 Å². The Morgan fingerprint density at radius 3 is 2.52 bits per heavy atom. The fourth-order valence-electron chi connectivity index (χ4n) is 3.84.